The second kappa shape index (κ2) is 7.21. The fourth-order valence-corrected chi connectivity index (χ4v) is 4.29. The number of benzene rings is 2. The zero-order valence-electron chi connectivity index (χ0n) is 13.9. The molecular formula is C19H20N2O3S. The highest BCUT2D eigenvalue weighted by Crippen LogP contribution is 2.26. The molecule has 0 saturated heterocycles. The largest absolute Gasteiger partial charge is 0.358 e. The molecule has 1 aliphatic rings. The van der Waals surface area contributed by atoms with E-state index in [1.165, 1.54) is 16.8 Å². The average Bonchev–Trinajstić information content (AvgIpc) is 2.65. The van der Waals surface area contributed by atoms with E-state index in [9.17, 15) is 13.2 Å². The molecule has 25 heavy (non-hydrogen) atoms. The van der Waals surface area contributed by atoms with Crippen LogP contribution in [0.5, 0.6) is 0 Å². The Morgan fingerprint density at radius 2 is 1.72 bits per heavy atom. The molecule has 0 fully saturated rings. The standard InChI is InChI=1S/C19H20N2O3S/c1-20-19(22)18-13-16-9-5-6-10-17(16)14-21(18)25(23,24)12-11-15-7-3-2-4-8-15/h2-12,18H,13-14H2,1H3,(H,20,22)/b12-11+. The van der Waals surface area contributed by atoms with E-state index in [1.54, 1.807) is 6.08 Å². The maximum atomic E-state index is 12.9. The first-order valence-corrected chi connectivity index (χ1v) is 9.55. The third-order valence-electron chi connectivity index (χ3n) is 4.31. The minimum absolute atomic E-state index is 0.190. The van der Waals surface area contributed by atoms with E-state index >= 15 is 0 Å². The van der Waals surface area contributed by atoms with Crippen molar-refractivity contribution in [1.29, 1.82) is 0 Å². The van der Waals surface area contributed by atoms with Crippen LogP contribution >= 0.6 is 0 Å². The molecule has 1 N–H and O–H groups in total. The lowest BCUT2D eigenvalue weighted by molar-refractivity contribution is -0.124. The van der Waals surface area contributed by atoms with Gasteiger partial charge in [-0.2, -0.15) is 4.31 Å². The van der Waals surface area contributed by atoms with Crippen LogP contribution in [0.25, 0.3) is 6.08 Å². The molecule has 1 unspecified atom stereocenters. The van der Waals surface area contributed by atoms with Crippen molar-refractivity contribution in [3.8, 4) is 0 Å². The van der Waals surface area contributed by atoms with Gasteiger partial charge < -0.3 is 5.32 Å². The third kappa shape index (κ3) is 3.81. The van der Waals surface area contributed by atoms with Gasteiger partial charge >= 0.3 is 0 Å². The van der Waals surface area contributed by atoms with Crippen molar-refractivity contribution in [1.82, 2.24) is 9.62 Å². The summed E-state index contributed by atoms with van der Waals surface area (Å²) in [6.07, 6.45) is 1.92. The maximum Gasteiger partial charge on any atom is 0.238 e. The maximum absolute atomic E-state index is 12.9. The average molecular weight is 356 g/mol. The number of amides is 1. The second-order valence-electron chi connectivity index (χ2n) is 5.91. The molecule has 1 amide bonds. The Balaban J connectivity index is 1.94. The monoisotopic (exact) mass is 356 g/mol. The Morgan fingerprint density at radius 1 is 1.08 bits per heavy atom. The molecule has 1 aliphatic heterocycles. The van der Waals surface area contributed by atoms with E-state index in [0.29, 0.717) is 6.42 Å². The number of carbonyl (C=O) groups is 1. The molecule has 5 nitrogen and oxygen atoms in total. The number of nitrogens with one attached hydrogen (secondary N) is 1. The fourth-order valence-electron chi connectivity index (χ4n) is 2.96. The van der Waals surface area contributed by atoms with Gasteiger partial charge in [0, 0.05) is 19.0 Å². The normalized spacial score (nSPS) is 18.0. The van der Waals surface area contributed by atoms with Gasteiger partial charge in [0.25, 0.3) is 0 Å². The summed E-state index contributed by atoms with van der Waals surface area (Å²) in [6, 6.07) is 16.1. The van der Waals surface area contributed by atoms with Gasteiger partial charge in [0.05, 0.1) is 0 Å². The zero-order chi connectivity index (χ0) is 17.9. The second-order valence-corrected chi connectivity index (χ2v) is 7.68. The van der Waals surface area contributed by atoms with Gasteiger partial charge in [0.1, 0.15) is 6.04 Å². The van der Waals surface area contributed by atoms with Crippen LogP contribution in [-0.4, -0.2) is 31.7 Å². The van der Waals surface area contributed by atoms with Crippen molar-refractivity contribution in [2.24, 2.45) is 0 Å². The quantitative estimate of drug-likeness (QED) is 0.913. The summed E-state index contributed by atoms with van der Waals surface area (Å²) in [7, 11) is -2.22. The Bertz CT molecular complexity index is 892. The number of likely N-dealkylation sites (N-methyl/N-ethyl adjacent to an activating group) is 1. The van der Waals surface area contributed by atoms with Crippen LogP contribution in [-0.2, 0) is 27.8 Å². The molecule has 6 heteroatoms. The van der Waals surface area contributed by atoms with Crippen molar-refractivity contribution in [3.05, 3.63) is 76.7 Å². The zero-order valence-corrected chi connectivity index (χ0v) is 14.7. The predicted molar refractivity (Wildman–Crippen MR) is 97.9 cm³/mol. The molecule has 0 spiro atoms. The molecule has 0 aliphatic carbocycles. The van der Waals surface area contributed by atoms with Crippen LogP contribution in [0.15, 0.2) is 60.0 Å². The summed E-state index contributed by atoms with van der Waals surface area (Å²) in [5, 5.41) is 3.75. The molecule has 0 bridgehead atoms. The van der Waals surface area contributed by atoms with Crippen LogP contribution in [0.2, 0.25) is 0 Å². The van der Waals surface area contributed by atoms with E-state index in [1.807, 2.05) is 54.6 Å². The highest BCUT2D eigenvalue weighted by Gasteiger charge is 2.37. The van der Waals surface area contributed by atoms with Crippen molar-refractivity contribution in [2.45, 2.75) is 19.0 Å². The number of rotatable bonds is 4. The lowest BCUT2D eigenvalue weighted by Gasteiger charge is -2.33. The van der Waals surface area contributed by atoms with Crippen LogP contribution in [0.1, 0.15) is 16.7 Å². The van der Waals surface area contributed by atoms with Gasteiger partial charge in [-0.25, -0.2) is 8.42 Å². The first-order chi connectivity index (χ1) is 12.0. The molecular weight excluding hydrogens is 336 g/mol. The van der Waals surface area contributed by atoms with E-state index in [-0.39, 0.29) is 12.5 Å². The molecule has 130 valence electrons. The Morgan fingerprint density at radius 3 is 2.40 bits per heavy atom. The van der Waals surface area contributed by atoms with Crippen LogP contribution in [0, 0.1) is 0 Å². The van der Waals surface area contributed by atoms with Crippen molar-refractivity contribution in [2.75, 3.05) is 7.05 Å². The van der Waals surface area contributed by atoms with Gasteiger partial charge in [-0.1, -0.05) is 54.6 Å². The molecule has 1 atom stereocenters. The molecule has 3 rings (SSSR count). The summed E-state index contributed by atoms with van der Waals surface area (Å²) in [5.41, 5.74) is 2.73. The van der Waals surface area contributed by atoms with Crippen LogP contribution in [0.4, 0.5) is 0 Å². The van der Waals surface area contributed by atoms with E-state index < -0.39 is 16.1 Å². The van der Waals surface area contributed by atoms with Gasteiger partial charge in [0.15, 0.2) is 0 Å². The SMILES string of the molecule is CNC(=O)C1Cc2ccccc2CN1S(=O)(=O)/C=C/c1ccccc1. The van der Waals surface area contributed by atoms with Gasteiger partial charge in [0.2, 0.25) is 15.9 Å². The molecule has 0 saturated carbocycles. The van der Waals surface area contributed by atoms with E-state index in [4.69, 9.17) is 0 Å². The molecule has 2 aromatic carbocycles. The Hall–Kier alpha value is -2.44. The smallest absolute Gasteiger partial charge is 0.238 e. The van der Waals surface area contributed by atoms with Crippen molar-refractivity contribution in [3.63, 3.8) is 0 Å². The number of sulfonamides is 1. The van der Waals surface area contributed by atoms with E-state index in [0.717, 1.165) is 16.7 Å². The molecule has 0 radical (unpaired) electrons. The predicted octanol–water partition coefficient (Wildman–Crippen LogP) is 2.16. The van der Waals surface area contributed by atoms with Crippen LogP contribution < -0.4 is 5.32 Å². The fraction of sp³-hybridized carbons (Fsp3) is 0.211. The minimum Gasteiger partial charge on any atom is -0.358 e. The molecule has 1 heterocycles. The first-order valence-electron chi connectivity index (χ1n) is 8.04. The van der Waals surface area contributed by atoms with Crippen LogP contribution in [0.3, 0.4) is 0 Å². The molecule has 0 aromatic heterocycles. The topological polar surface area (TPSA) is 66.5 Å². The van der Waals surface area contributed by atoms with Gasteiger partial charge in [-0.05, 0) is 29.2 Å². The van der Waals surface area contributed by atoms with Crippen molar-refractivity contribution >= 4 is 22.0 Å². The minimum atomic E-state index is -3.74. The summed E-state index contributed by atoms with van der Waals surface area (Å²) >= 11 is 0. The van der Waals surface area contributed by atoms with E-state index in [2.05, 4.69) is 5.32 Å². The summed E-state index contributed by atoms with van der Waals surface area (Å²) < 4.78 is 27.0. The Labute approximate surface area is 148 Å². The van der Waals surface area contributed by atoms with Gasteiger partial charge in [-0.15, -0.1) is 0 Å². The first kappa shape index (κ1) is 17.4. The third-order valence-corrected chi connectivity index (χ3v) is 5.83. The summed E-state index contributed by atoms with van der Waals surface area (Å²) in [5.74, 6) is -0.300. The molecule has 2 aromatic rings. The lowest BCUT2D eigenvalue weighted by atomic mass is 9.95. The number of hydrogen-bond donors (Lipinski definition) is 1. The number of carbonyl (C=O) groups excluding carboxylic acids is 1. The highest BCUT2D eigenvalue weighted by atomic mass is 32.2. The highest BCUT2D eigenvalue weighted by molar-refractivity contribution is 7.92. The number of hydrogen-bond acceptors (Lipinski definition) is 3. The number of nitrogens with zero attached hydrogens (tertiary/aromatic N) is 1. The summed E-state index contributed by atoms with van der Waals surface area (Å²) in [4.78, 5) is 12.3. The summed E-state index contributed by atoms with van der Waals surface area (Å²) in [6.45, 7) is 0.190. The lowest BCUT2D eigenvalue weighted by Crippen LogP contribution is -2.51. The van der Waals surface area contributed by atoms with Crippen molar-refractivity contribution < 1.29 is 13.2 Å². The van der Waals surface area contributed by atoms with Gasteiger partial charge in [-0.3, -0.25) is 4.79 Å². The number of fused-ring (bicyclic) bond motifs is 1. The Kier molecular flexibility index (Phi) is 5.01.